The average Bonchev–Trinajstić information content (AvgIpc) is 2.39. The maximum atomic E-state index is 12.5. The van der Waals surface area contributed by atoms with Gasteiger partial charge >= 0.3 is 11.8 Å². The van der Waals surface area contributed by atoms with Gasteiger partial charge in [-0.05, 0) is 13.0 Å². The van der Waals surface area contributed by atoms with E-state index < -0.39 is 34.4 Å². The number of primary amides is 1. The maximum Gasteiger partial charge on any atom is 0.316 e. The molecule has 0 saturated heterocycles. The zero-order valence-electron chi connectivity index (χ0n) is 10.4. The first kappa shape index (κ1) is 15.5. The van der Waals surface area contributed by atoms with Crippen LogP contribution in [0.15, 0.2) is 18.2 Å². The molecular weight excluding hydrogens is 276 g/mol. The Balaban J connectivity index is 3.39. The van der Waals surface area contributed by atoms with Crippen molar-refractivity contribution < 1.29 is 23.3 Å². The Labute approximate surface area is 112 Å². The standard InChI is InChI=1S/C11H11F2N3O4/c1-2-15(11(18)10(14)17)7-4-3-6(9(12)13)5-8(7)16(19)20/h3-5,9H,2H2,1H3,(H2,14,17). The molecule has 0 spiro atoms. The Hall–Kier alpha value is -2.58. The number of hydrogen-bond donors (Lipinski definition) is 1. The first-order valence-electron chi connectivity index (χ1n) is 5.47. The largest absolute Gasteiger partial charge is 0.361 e. The topological polar surface area (TPSA) is 107 Å². The zero-order valence-corrected chi connectivity index (χ0v) is 10.4. The summed E-state index contributed by atoms with van der Waals surface area (Å²) in [6, 6.07) is 2.60. The lowest BCUT2D eigenvalue weighted by molar-refractivity contribution is -0.384. The smallest absolute Gasteiger partial charge is 0.316 e. The van der Waals surface area contributed by atoms with Crippen molar-refractivity contribution in [1.82, 2.24) is 0 Å². The average molecular weight is 287 g/mol. The van der Waals surface area contributed by atoms with Crippen molar-refractivity contribution in [2.75, 3.05) is 11.4 Å². The molecule has 20 heavy (non-hydrogen) atoms. The Morgan fingerprint density at radius 3 is 2.45 bits per heavy atom. The van der Waals surface area contributed by atoms with Crippen molar-refractivity contribution in [3.63, 3.8) is 0 Å². The van der Waals surface area contributed by atoms with Crippen LogP contribution < -0.4 is 10.6 Å². The van der Waals surface area contributed by atoms with E-state index in [1.54, 1.807) is 0 Å². The fourth-order valence-corrected chi connectivity index (χ4v) is 1.61. The van der Waals surface area contributed by atoms with Gasteiger partial charge in [0.25, 0.3) is 12.1 Å². The molecule has 1 aromatic carbocycles. The van der Waals surface area contributed by atoms with Crippen molar-refractivity contribution in [1.29, 1.82) is 0 Å². The van der Waals surface area contributed by atoms with Crippen LogP contribution in [0.2, 0.25) is 0 Å². The van der Waals surface area contributed by atoms with Crippen molar-refractivity contribution in [3.05, 3.63) is 33.9 Å². The summed E-state index contributed by atoms with van der Waals surface area (Å²) < 4.78 is 25.1. The first-order chi connectivity index (χ1) is 9.29. The number of nitrogens with zero attached hydrogens (tertiary/aromatic N) is 2. The van der Waals surface area contributed by atoms with Crippen molar-refractivity contribution >= 4 is 23.2 Å². The number of halogens is 2. The van der Waals surface area contributed by atoms with Crippen molar-refractivity contribution in [3.8, 4) is 0 Å². The lowest BCUT2D eigenvalue weighted by atomic mass is 10.1. The van der Waals surface area contributed by atoms with Gasteiger partial charge in [0.2, 0.25) is 0 Å². The van der Waals surface area contributed by atoms with Crippen LogP contribution in [0.5, 0.6) is 0 Å². The highest BCUT2D eigenvalue weighted by atomic mass is 19.3. The van der Waals surface area contributed by atoms with E-state index in [1.165, 1.54) is 6.92 Å². The minimum Gasteiger partial charge on any atom is -0.361 e. The summed E-state index contributed by atoms with van der Waals surface area (Å²) in [5.41, 5.74) is 3.33. The van der Waals surface area contributed by atoms with Gasteiger partial charge in [-0.25, -0.2) is 8.78 Å². The molecule has 7 nitrogen and oxygen atoms in total. The second-order valence-corrected chi connectivity index (χ2v) is 3.72. The molecule has 0 aliphatic carbocycles. The van der Waals surface area contributed by atoms with Gasteiger partial charge in [-0.2, -0.15) is 0 Å². The number of nitro groups is 1. The highest BCUT2D eigenvalue weighted by molar-refractivity contribution is 6.40. The number of likely N-dealkylation sites (N-methyl/N-ethyl adjacent to an activating group) is 1. The molecule has 0 heterocycles. The SMILES string of the molecule is CCN(C(=O)C(N)=O)c1ccc(C(F)F)cc1[N+](=O)[O-]. The second-order valence-electron chi connectivity index (χ2n) is 3.72. The quantitative estimate of drug-likeness (QED) is 0.512. The lowest BCUT2D eigenvalue weighted by Crippen LogP contribution is -2.40. The number of amides is 2. The second kappa shape index (κ2) is 6.04. The minimum atomic E-state index is -2.88. The molecule has 1 aromatic rings. The lowest BCUT2D eigenvalue weighted by Gasteiger charge is -2.19. The van der Waals surface area contributed by atoms with E-state index in [-0.39, 0.29) is 12.2 Å². The number of nitrogens with two attached hydrogens (primary N) is 1. The third-order valence-corrected chi connectivity index (χ3v) is 2.51. The number of carbonyl (C=O) groups excluding carboxylic acids is 2. The van der Waals surface area contributed by atoms with Crippen LogP contribution in [0.4, 0.5) is 20.2 Å². The van der Waals surface area contributed by atoms with E-state index in [4.69, 9.17) is 5.73 Å². The van der Waals surface area contributed by atoms with E-state index in [1.807, 2.05) is 0 Å². The van der Waals surface area contributed by atoms with Crippen molar-refractivity contribution in [2.24, 2.45) is 5.73 Å². The summed E-state index contributed by atoms with van der Waals surface area (Å²) in [4.78, 5) is 33.2. The number of alkyl halides is 2. The van der Waals surface area contributed by atoms with Gasteiger partial charge in [-0.1, -0.05) is 6.07 Å². The molecule has 0 aromatic heterocycles. The predicted octanol–water partition coefficient (Wildman–Crippen LogP) is 1.37. The number of nitro benzene ring substituents is 1. The van der Waals surface area contributed by atoms with E-state index in [0.717, 1.165) is 17.0 Å². The van der Waals surface area contributed by atoms with Gasteiger partial charge < -0.3 is 5.73 Å². The zero-order chi connectivity index (χ0) is 15.4. The summed E-state index contributed by atoms with van der Waals surface area (Å²) in [6.07, 6.45) is -2.88. The Morgan fingerprint density at radius 1 is 1.45 bits per heavy atom. The maximum absolute atomic E-state index is 12.5. The molecule has 0 saturated carbocycles. The molecular formula is C11H11F2N3O4. The predicted molar refractivity (Wildman–Crippen MR) is 65.3 cm³/mol. The van der Waals surface area contributed by atoms with Gasteiger partial charge in [0, 0.05) is 18.2 Å². The van der Waals surface area contributed by atoms with Crippen molar-refractivity contribution in [2.45, 2.75) is 13.3 Å². The van der Waals surface area contributed by atoms with E-state index in [2.05, 4.69) is 0 Å². The Morgan fingerprint density at radius 2 is 2.05 bits per heavy atom. The normalized spacial score (nSPS) is 10.4. The molecule has 0 aliphatic rings. The number of hydrogen-bond acceptors (Lipinski definition) is 4. The molecule has 1 rings (SSSR count). The molecule has 2 N–H and O–H groups in total. The van der Waals surface area contributed by atoms with Crippen LogP contribution in [0, 0.1) is 10.1 Å². The first-order valence-corrected chi connectivity index (χ1v) is 5.47. The summed E-state index contributed by atoms with van der Waals surface area (Å²) in [7, 11) is 0. The Bertz CT molecular complexity index is 563. The van der Waals surface area contributed by atoms with E-state index in [9.17, 15) is 28.5 Å². The molecule has 108 valence electrons. The van der Waals surface area contributed by atoms with Crippen LogP contribution in [0.3, 0.4) is 0 Å². The van der Waals surface area contributed by atoms with Crippen LogP contribution in [-0.4, -0.2) is 23.3 Å². The highest BCUT2D eigenvalue weighted by Crippen LogP contribution is 2.32. The molecule has 0 atom stereocenters. The molecule has 0 fully saturated rings. The van der Waals surface area contributed by atoms with Gasteiger partial charge in [0.1, 0.15) is 5.69 Å². The van der Waals surface area contributed by atoms with Gasteiger partial charge in [-0.15, -0.1) is 0 Å². The molecule has 0 bridgehead atoms. The minimum absolute atomic E-state index is 0.0728. The molecule has 2 amide bonds. The van der Waals surface area contributed by atoms with Gasteiger partial charge in [-0.3, -0.25) is 24.6 Å². The van der Waals surface area contributed by atoms with E-state index in [0.29, 0.717) is 6.07 Å². The molecule has 0 unspecified atom stereocenters. The third-order valence-electron chi connectivity index (χ3n) is 2.51. The number of benzene rings is 1. The number of carbonyl (C=O) groups is 2. The van der Waals surface area contributed by atoms with Gasteiger partial charge in [0.15, 0.2) is 0 Å². The summed E-state index contributed by atoms with van der Waals surface area (Å²) in [6.45, 7) is 1.39. The monoisotopic (exact) mass is 287 g/mol. The van der Waals surface area contributed by atoms with Crippen LogP contribution in [0.25, 0.3) is 0 Å². The fraction of sp³-hybridized carbons (Fsp3) is 0.273. The fourth-order valence-electron chi connectivity index (χ4n) is 1.61. The number of anilines is 1. The van der Waals surface area contributed by atoms with E-state index >= 15 is 0 Å². The molecule has 0 radical (unpaired) electrons. The van der Waals surface area contributed by atoms with Crippen LogP contribution in [0.1, 0.15) is 18.9 Å². The van der Waals surface area contributed by atoms with Crippen LogP contribution in [-0.2, 0) is 9.59 Å². The van der Waals surface area contributed by atoms with Gasteiger partial charge in [0.05, 0.1) is 4.92 Å². The molecule has 9 heteroatoms. The summed E-state index contributed by atoms with van der Waals surface area (Å²) in [5, 5.41) is 10.9. The van der Waals surface area contributed by atoms with Crippen LogP contribution >= 0.6 is 0 Å². The summed E-state index contributed by atoms with van der Waals surface area (Å²) >= 11 is 0. The third kappa shape index (κ3) is 3.05. The Kier molecular flexibility index (Phi) is 4.68. The number of rotatable bonds is 4. The molecule has 0 aliphatic heterocycles. The highest BCUT2D eigenvalue weighted by Gasteiger charge is 2.27. The summed E-state index contributed by atoms with van der Waals surface area (Å²) in [5.74, 6) is -2.44.